The summed E-state index contributed by atoms with van der Waals surface area (Å²) in [6.45, 7) is 0.275. The van der Waals surface area contributed by atoms with Gasteiger partial charge in [-0.05, 0) is 42.3 Å². The first-order chi connectivity index (χ1) is 9.49. The third-order valence-corrected chi connectivity index (χ3v) is 4.64. The second-order valence-corrected chi connectivity index (χ2v) is 6.34. The summed E-state index contributed by atoms with van der Waals surface area (Å²) in [5.41, 5.74) is 6.94. The van der Waals surface area contributed by atoms with Gasteiger partial charge in [-0.25, -0.2) is 13.1 Å². The smallest absolute Gasteiger partial charge is 0.242 e. The van der Waals surface area contributed by atoms with E-state index in [-0.39, 0.29) is 16.5 Å². The molecule has 0 spiro atoms. The molecule has 0 aliphatic rings. The number of nitrogens with two attached hydrogens (primary N) is 1. The van der Waals surface area contributed by atoms with Crippen molar-refractivity contribution in [2.45, 2.75) is 11.3 Å². The fourth-order valence-corrected chi connectivity index (χ4v) is 3.25. The lowest BCUT2D eigenvalue weighted by molar-refractivity contribution is 0.581. The third kappa shape index (κ3) is 3.69. The largest absolute Gasteiger partial charge is 0.399 e. The molecule has 0 bridgehead atoms. The van der Waals surface area contributed by atoms with Crippen LogP contribution in [0.2, 0.25) is 5.02 Å². The van der Waals surface area contributed by atoms with Gasteiger partial charge in [0.1, 0.15) is 4.90 Å². The van der Waals surface area contributed by atoms with Crippen molar-refractivity contribution in [3.8, 4) is 0 Å². The molecule has 0 radical (unpaired) electrons. The predicted molar refractivity (Wildman–Crippen MR) is 79.0 cm³/mol. The van der Waals surface area contributed by atoms with Crippen LogP contribution in [0.4, 0.5) is 5.69 Å². The molecular formula is C13H14ClN3O2S. The molecule has 0 aliphatic heterocycles. The zero-order chi connectivity index (χ0) is 14.6. The normalized spacial score (nSPS) is 11.4. The molecule has 0 unspecified atom stereocenters. The van der Waals surface area contributed by atoms with E-state index in [1.165, 1.54) is 12.1 Å². The van der Waals surface area contributed by atoms with Crippen LogP contribution in [-0.2, 0) is 16.4 Å². The third-order valence-electron chi connectivity index (χ3n) is 2.70. The number of nitrogens with one attached hydrogen (secondary N) is 1. The van der Waals surface area contributed by atoms with Crippen molar-refractivity contribution in [3.05, 3.63) is 53.3 Å². The standard InChI is InChI=1S/C13H14ClN3O2S/c14-12-2-1-11(15)9-13(12)20(18,19)17-8-5-10-3-6-16-7-4-10/h1-4,6-7,9,17H,5,8,15H2. The van der Waals surface area contributed by atoms with Crippen LogP contribution in [0.5, 0.6) is 0 Å². The summed E-state index contributed by atoms with van der Waals surface area (Å²) >= 11 is 5.89. The van der Waals surface area contributed by atoms with Gasteiger partial charge in [0.15, 0.2) is 0 Å². The highest BCUT2D eigenvalue weighted by Crippen LogP contribution is 2.23. The van der Waals surface area contributed by atoms with Gasteiger partial charge in [0.25, 0.3) is 0 Å². The van der Waals surface area contributed by atoms with Gasteiger partial charge in [-0.1, -0.05) is 11.6 Å². The van der Waals surface area contributed by atoms with Crippen molar-refractivity contribution in [1.29, 1.82) is 0 Å². The predicted octanol–water partition coefficient (Wildman–Crippen LogP) is 1.84. The van der Waals surface area contributed by atoms with Crippen molar-refractivity contribution in [2.75, 3.05) is 12.3 Å². The van der Waals surface area contributed by atoms with E-state index in [0.717, 1.165) is 5.56 Å². The number of hydrogen-bond acceptors (Lipinski definition) is 4. The fraction of sp³-hybridized carbons (Fsp3) is 0.154. The number of benzene rings is 1. The van der Waals surface area contributed by atoms with Crippen molar-refractivity contribution < 1.29 is 8.42 Å². The van der Waals surface area contributed by atoms with Gasteiger partial charge in [0.05, 0.1) is 5.02 Å². The summed E-state index contributed by atoms with van der Waals surface area (Å²) in [5, 5.41) is 0.149. The first kappa shape index (κ1) is 14.8. The van der Waals surface area contributed by atoms with Gasteiger partial charge < -0.3 is 5.73 Å². The molecule has 2 rings (SSSR count). The maximum atomic E-state index is 12.1. The molecule has 1 heterocycles. The van der Waals surface area contributed by atoms with Crippen LogP contribution in [0.25, 0.3) is 0 Å². The molecule has 1 aromatic heterocycles. The number of nitrogen functional groups attached to an aromatic ring is 1. The summed E-state index contributed by atoms with van der Waals surface area (Å²) in [5.74, 6) is 0. The number of halogens is 1. The summed E-state index contributed by atoms with van der Waals surface area (Å²) in [6.07, 6.45) is 3.90. The highest BCUT2D eigenvalue weighted by molar-refractivity contribution is 7.89. The van der Waals surface area contributed by atoms with Crippen LogP contribution in [-0.4, -0.2) is 19.9 Å². The van der Waals surface area contributed by atoms with E-state index in [9.17, 15) is 8.42 Å². The second-order valence-electron chi connectivity index (χ2n) is 4.19. The number of hydrogen-bond donors (Lipinski definition) is 2. The lowest BCUT2D eigenvalue weighted by Crippen LogP contribution is -2.26. The monoisotopic (exact) mass is 311 g/mol. The Kier molecular flexibility index (Phi) is 4.59. The maximum absolute atomic E-state index is 12.1. The highest BCUT2D eigenvalue weighted by atomic mass is 35.5. The maximum Gasteiger partial charge on any atom is 0.242 e. The molecule has 0 saturated carbocycles. The summed E-state index contributed by atoms with van der Waals surface area (Å²) in [6, 6.07) is 8.04. The van der Waals surface area contributed by atoms with Gasteiger partial charge >= 0.3 is 0 Å². The first-order valence-corrected chi connectivity index (χ1v) is 7.79. The Balaban J connectivity index is 2.06. The number of rotatable bonds is 5. The van der Waals surface area contributed by atoms with Gasteiger partial charge in [0, 0.05) is 24.6 Å². The molecule has 1 aromatic carbocycles. The van der Waals surface area contributed by atoms with Gasteiger partial charge in [-0.3, -0.25) is 4.98 Å². The number of pyridine rings is 1. The Morgan fingerprint density at radius 3 is 2.60 bits per heavy atom. The molecule has 0 saturated heterocycles. The van der Waals surface area contributed by atoms with E-state index in [1.54, 1.807) is 18.5 Å². The van der Waals surface area contributed by atoms with Crippen LogP contribution in [0.3, 0.4) is 0 Å². The minimum Gasteiger partial charge on any atom is -0.399 e. The molecule has 106 valence electrons. The lowest BCUT2D eigenvalue weighted by Gasteiger charge is -2.09. The number of anilines is 1. The van der Waals surface area contributed by atoms with Gasteiger partial charge in [0.2, 0.25) is 10.0 Å². The van der Waals surface area contributed by atoms with Crippen molar-refractivity contribution in [3.63, 3.8) is 0 Å². The van der Waals surface area contributed by atoms with Crippen LogP contribution in [0.15, 0.2) is 47.6 Å². The highest BCUT2D eigenvalue weighted by Gasteiger charge is 2.17. The van der Waals surface area contributed by atoms with Crippen molar-refractivity contribution in [2.24, 2.45) is 0 Å². The Morgan fingerprint density at radius 1 is 1.20 bits per heavy atom. The minimum absolute atomic E-state index is 0.00565. The number of sulfonamides is 1. The summed E-state index contributed by atoms with van der Waals surface area (Å²) in [7, 11) is -3.66. The second kappa shape index (κ2) is 6.21. The van der Waals surface area contributed by atoms with Crippen LogP contribution >= 0.6 is 11.6 Å². The average molecular weight is 312 g/mol. The fourth-order valence-electron chi connectivity index (χ4n) is 1.68. The zero-order valence-electron chi connectivity index (χ0n) is 10.6. The summed E-state index contributed by atoms with van der Waals surface area (Å²) in [4.78, 5) is 3.90. The van der Waals surface area contributed by atoms with Gasteiger partial charge in [-0.2, -0.15) is 0 Å². The van der Waals surface area contributed by atoms with E-state index in [2.05, 4.69) is 9.71 Å². The Hall–Kier alpha value is -1.63. The van der Waals surface area contributed by atoms with E-state index in [0.29, 0.717) is 12.1 Å². The molecule has 0 atom stereocenters. The Morgan fingerprint density at radius 2 is 1.90 bits per heavy atom. The molecule has 5 nitrogen and oxygen atoms in total. The summed E-state index contributed by atoms with van der Waals surface area (Å²) < 4.78 is 26.8. The zero-order valence-corrected chi connectivity index (χ0v) is 12.2. The Labute approximate surface area is 122 Å². The van der Waals surface area contributed by atoms with E-state index in [4.69, 9.17) is 17.3 Å². The van der Waals surface area contributed by atoms with Crippen molar-refractivity contribution in [1.82, 2.24) is 9.71 Å². The quantitative estimate of drug-likeness (QED) is 0.825. The molecule has 20 heavy (non-hydrogen) atoms. The molecular weight excluding hydrogens is 298 g/mol. The van der Waals surface area contributed by atoms with E-state index < -0.39 is 10.0 Å². The van der Waals surface area contributed by atoms with Crippen molar-refractivity contribution >= 4 is 27.3 Å². The Bertz CT molecular complexity index is 690. The van der Waals surface area contributed by atoms with Crippen LogP contribution in [0, 0.1) is 0 Å². The topological polar surface area (TPSA) is 85.1 Å². The molecule has 7 heteroatoms. The minimum atomic E-state index is -3.66. The SMILES string of the molecule is Nc1ccc(Cl)c(S(=O)(=O)NCCc2ccncc2)c1. The first-order valence-electron chi connectivity index (χ1n) is 5.92. The van der Waals surface area contributed by atoms with Gasteiger partial charge in [-0.15, -0.1) is 0 Å². The van der Waals surface area contributed by atoms with Crippen LogP contribution < -0.4 is 10.5 Å². The molecule has 2 aromatic rings. The van der Waals surface area contributed by atoms with E-state index >= 15 is 0 Å². The molecule has 0 fully saturated rings. The number of nitrogens with zero attached hydrogens (tertiary/aromatic N) is 1. The molecule has 3 N–H and O–H groups in total. The molecule has 0 amide bonds. The molecule has 0 aliphatic carbocycles. The van der Waals surface area contributed by atoms with Crippen LogP contribution in [0.1, 0.15) is 5.56 Å². The van der Waals surface area contributed by atoms with E-state index in [1.807, 2.05) is 12.1 Å². The average Bonchev–Trinajstić information content (AvgIpc) is 2.42. The lowest BCUT2D eigenvalue weighted by atomic mass is 10.2. The number of aromatic nitrogens is 1.